The van der Waals surface area contributed by atoms with Crippen molar-refractivity contribution in [3.05, 3.63) is 82.3 Å². The molecule has 0 saturated heterocycles. The van der Waals surface area contributed by atoms with Gasteiger partial charge in [0.25, 0.3) is 0 Å². The molecule has 0 fully saturated rings. The van der Waals surface area contributed by atoms with Crippen molar-refractivity contribution in [1.29, 1.82) is 0 Å². The topological polar surface area (TPSA) is 29.3 Å². The minimum atomic E-state index is -4.65. The number of anilines is 2. The van der Waals surface area contributed by atoms with Crippen LogP contribution < -0.4 is 5.32 Å². The number of alkyl halides is 3. The van der Waals surface area contributed by atoms with Crippen LogP contribution in [0.3, 0.4) is 0 Å². The number of para-hydroxylation sites is 1. The summed E-state index contributed by atoms with van der Waals surface area (Å²) in [6, 6.07) is 13.3. The number of fused-ring (bicyclic) bond motifs is 1. The number of halogens is 5. The lowest BCUT2D eigenvalue weighted by Gasteiger charge is -2.17. The first-order valence-electron chi connectivity index (χ1n) is 9.04. The van der Waals surface area contributed by atoms with E-state index in [0.717, 1.165) is 21.6 Å². The van der Waals surface area contributed by atoms with Gasteiger partial charge in [0.2, 0.25) is 0 Å². The molecular formula is C22H16ClF4N3. The summed E-state index contributed by atoms with van der Waals surface area (Å²) in [5, 5.41) is 3.13. The number of nitrogens with zero attached hydrogens (tertiary/aromatic N) is 2. The Morgan fingerprint density at radius 3 is 2.20 bits per heavy atom. The fourth-order valence-corrected chi connectivity index (χ4v) is 3.71. The normalized spacial score (nSPS) is 11.8. The Morgan fingerprint density at radius 2 is 1.57 bits per heavy atom. The van der Waals surface area contributed by atoms with Crippen molar-refractivity contribution in [3.8, 4) is 11.3 Å². The van der Waals surface area contributed by atoms with Crippen molar-refractivity contribution < 1.29 is 17.6 Å². The summed E-state index contributed by atoms with van der Waals surface area (Å²) in [7, 11) is 0. The molecule has 0 amide bonds. The van der Waals surface area contributed by atoms with Crippen molar-refractivity contribution in [2.24, 2.45) is 0 Å². The number of aryl methyl sites for hydroxylation is 2. The fraction of sp³-hybridized carbons (Fsp3) is 0.136. The fourth-order valence-electron chi connectivity index (χ4n) is 3.46. The van der Waals surface area contributed by atoms with E-state index in [1.54, 1.807) is 0 Å². The highest BCUT2D eigenvalue weighted by atomic mass is 35.5. The van der Waals surface area contributed by atoms with Crippen LogP contribution in [-0.2, 0) is 6.18 Å². The lowest BCUT2D eigenvalue weighted by Crippen LogP contribution is -2.13. The molecule has 3 nitrogen and oxygen atoms in total. The van der Waals surface area contributed by atoms with E-state index in [2.05, 4.69) is 10.3 Å². The van der Waals surface area contributed by atoms with Crippen LogP contribution in [0.25, 0.3) is 16.9 Å². The molecule has 0 bridgehead atoms. The Hall–Kier alpha value is -3.06. The quantitative estimate of drug-likeness (QED) is 0.347. The molecule has 0 aliphatic rings. The maximum Gasteiger partial charge on any atom is 0.431 e. The third-order valence-corrected chi connectivity index (χ3v) is 5.17. The SMILES string of the molecule is Cc1cccc(C)c1Nc1c(-c2c(F)cccc2Cl)nc2cccc(C(F)(F)F)n12. The predicted octanol–water partition coefficient (Wildman–Crippen LogP) is 7.17. The van der Waals surface area contributed by atoms with E-state index in [4.69, 9.17) is 11.6 Å². The molecule has 154 valence electrons. The second kappa shape index (κ2) is 7.32. The molecule has 0 aliphatic heterocycles. The first kappa shape index (κ1) is 20.2. The Morgan fingerprint density at radius 1 is 0.933 bits per heavy atom. The van der Waals surface area contributed by atoms with Gasteiger partial charge in [0.05, 0.1) is 10.6 Å². The van der Waals surface area contributed by atoms with Gasteiger partial charge < -0.3 is 5.32 Å². The molecule has 2 heterocycles. The Balaban J connectivity index is 2.09. The van der Waals surface area contributed by atoms with Crippen LogP contribution in [0, 0.1) is 19.7 Å². The van der Waals surface area contributed by atoms with E-state index < -0.39 is 17.7 Å². The minimum Gasteiger partial charge on any atom is -0.339 e. The summed E-state index contributed by atoms with van der Waals surface area (Å²) >= 11 is 6.22. The molecule has 0 atom stereocenters. The third kappa shape index (κ3) is 3.39. The van der Waals surface area contributed by atoms with Gasteiger partial charge in [-0.05, 0) is 49.2 Å². The van der Waals surface area contributed by atoms with Crippen molar-refractivity contribution in [1.82, 2.24) is 9.38 Å². The third-order valence-electron chi connectivity index (χ3n) is 4.86. The smallest absolute Gasteiger partial charge is 0.339 e. The number of hydrogen-bond acceptors (Lipinski definition) is 2. The lowest BCUT2D eigenvalue weighted by atomic mass is 10.1. The molecule has 0 radical (unpaired) electrons. The molecule has 8 heteroatoms. The summed E-state index contributed by atoms with van der Waals surface area (Å²) in [6.45, 7) is 3.66. The number of imidazole rings is 1. The summed E-state index contributed by atoms with van der Waals surface area (Å²) in [4.78, 5) is 4.31. The zero-order valence-corrected chi connectivity index (χ0v) is 16.7. The van der Waals surface area contributed by atoms with E-state index in [-0.39, 0.29) is 27.7 Å². The van der Waals surface area contributed by atoms with Crippen LogP contribution in [0.1, 0.15) is 16.8 Å². The summed E-state index contributed by atoms with van der Waals surface area (Å²) in [5.41, 5.74) is 1.28. The Labute approximate surface area is 174 Å². The second-order valence-electron chi connectivity index (χ2n) is 6.90. The maximum absolute atomic E-state index is 14.7. The maximum atomic E-state index is 14.7. The van der Waals surface area contributed by atoms with Gasteiger partial charge in [-0.3, -0.25) is 4.40 Å². The molecule has 0 spiro atoms. The molecule has 2 aromatic carbocycles. The monoisotopic (exact) mass is 433 g/mol. The highest BCUT2D eigenvalue weighted by Gasteiger charge is 2.35. The standard InChI is InChI=1S/C22H16ClF4N3/c1-12-6-3-7-13(2)19(12)29-21-20(18-14(23)8-4-9-15(18)24)28-17-11-5-10-16(30(17)21)22(25,26)27/h3-11,29H,1-2H3. The van der Waals surface area contributed by atoms with Gasteiger partial charge in [-0.15, -0.1) is 0 Å². The van der Waals surface area contributed by atoms with Gasteiger partial charge in [-0.1, -0.05) is 41.9 Å². The summed E-state index contributed by atoms with van der Waals surface area (Å²) in [5.74, 6) is -0.689. The molecule has 4 aromatic rings. The molecule has 4 rings (SSSR count). The van der Waals surface area contributed by atoms with Gasteiger partial charge in [-0.25, -0.2) is 9.37 Å². The number of aromatic nitrogens is 2. The van der Waals surface area contributed by atoms with Gasteiger partial charge in [0.1, 0.15) is 28.7 Å². The largest absolute Gasteiger partial charge is 0.431 e. The molecule has 0 aliphatic carbocycles. The summed E-state index contributed by atoms with van der Waals surface area (Å²) in [6.07, 6.45) is -4.65. The zero-order chi connectivity index (χ0) is 21.6. The van der Waals surface area contributed by atoms with E-state index in [1.807, 2.05) is 32.0 Å². The first-order chi connectivity index (χ1) is 14.2. The average Bonchev–Trinajstić information content (AvgIpc) is 3.02. The lowest BCUT2D eigenvalue weighted by molar-refractivity contribution is -0.141. The molecule has 30 heavy (non-hydrogen) atoms. The molecule has 2 aromatic heterocycles. The predicted molar refractivity (Wildman–Crippen MR) is 110 cm³/mol. The van der Waals surface area contributed by atoms with Crippen molar-refractivity contribution in [2.75, 3.05) is 5.32 Å². The van der Waals surface area contributed by atoms with Crippen molar-refractivity contribution in [2.45, 2.75) is 20.0 Å². The molecule has 0 saturated carbocycles. The molecular weight excluding hydrogens is 418 g/mol. The Bertz CT molecular complexity index is 1220. The minimum absolute atomic E-state index is 0.00236. The second-order valence-corrected chi connectivity index (χ2v) is 7.31. The van der Waals surface area contributed by atoms with E-state index >= 15 is 0 Å². The van der Waals surface area contributed by atoms with Crippen LogP contribution in [0.5, 0.6) is 0 Å². The highest BCUT2D eigenvalue weighted by molar-refractivity contribution is 6.33. The van der Waals surface area contributed by atoms with E-state index in [9.17, 15) is 17.6 Å². The molecule has 0 unspecified atom stereocenters. The van der Waals surface area contributed by atoms with Crippen LogP contribution in [0.4, 0.5) is 29.1 Å². The van der Waals surface area contributed by atoms with Gasteiger partial charge in [0, 0.05) is 5.69 Å². The average molecular weight is 434 g/mol. The van der Waals surface area contributed by atoms with Crippen LogP contribution in [-0.4, -0.2) is 9.38 Å². The van der Waals surface area contributed by atoms with Crippen LogP contribution in [0.15, 0.2) is 54.6 Å². The van der Waals surface area contributed by atoms with E-state index in [1.165, 1.54) is 30.3 Å². The Kier molecular flexibility index (Phi) is 4.94. The highest BCUT2D eigenvalue weighted by Crippen LogP contribution is 2.40. The van der Waals surface area contributed by atoms with Crippen molar-refractivity contribution in [3.63, 3.8) is 0 Å². The van der Waals surface area contributed by atoms with Gasteiger partial charge in [0.15, 0.2) is 0 Å². The van der Waals surface area contributed by atoms with Gasteiger partial charge in [-0.2, -0.15) is 13.2 Å². The van der Waals surface area contributed by atoms with Crippen LogP contribution in [0.2, 0.25) is 5.02 Å². The van der Waals surface area contributed by atoms with Crippen LogP contribution >= 0.6 is 11.6 Å². The van der Waals surface area contributed by atoms with Crippen molar-refractivity contribution >= 4 is 28.8 Å². The van der Waals surface area contributed by atoms with Gasteiger partial charge >= 0.3 is 6.18 Å². The zero-order valence-electron chi connectivity index (χ0n) is 16.0. The number of hydrogen-bond donors (Lipinski definition) is 1. The molecule has 1 N–H and O–H groups in total. The number of rotatable bonds is 3. The first-order valence-corrected chi connectivity index (χ1v) is 9.42. The number of benzene rings is 2. The van der Waals surface area contributed by atoms with E-state index in [0.29, 0.717) is 5.69 Å². The summed E-state index contributed by atoms with van der Waals surface area (Å²) < 4.78 is 57.0. The number of nitrogens with one attached hydrogen (secondary N) is 1. The number of pyridine rings is 1.